The van der Waals surface area contributed by atoms with E-state index in [9.17, 15) is 14.0 Å². The molecule has 1 aromatic heterocycles. The molecule has 0 aliphatic carbocycles. The van der Waals surface area contributed by atoms with Crippen molar-refractivity contribution < 1.29 is 18.7 Å². The largest absolute Gasteiger partial charge is 0.376 e. The molecule has 2 unspecified atom stereocenters. The number of thiophene rings is 1. The number of hydrogen-bond donors (Lipinski definition) is 2. The third-order valence-electron chi connectivity index (χ3n) is 3.96. The van der Waals surface area contributed by atoms with Crippen molar-refractivity contribution in [2.45, 2.75) is 25.0 Å². The molecule has 0 radical (unpaired) electrons. The molecule has 1 aliphatic heterocycles. The van der Waals surface area contributed by atoms with Crippen LogP contribution in [0.2, 0.25) is 0 Å². The Balaban J connectivity index is 1.81. The molecule has 0 spiro atoms. The van der Waals surface area contributed by atoms with E-state index in [1.807, 2.05) is 0 Å². The molecule has 0 saturated carbocycles. The summed E-state index contributed by atoms with van der Waals surface area (Å²) in [4.78, 5) is 24.1. The van der Waals surface area contributed by atoms with Gasteiger partial charge in [-0.1, -0.05) is 12.1 Å². The van der Waals surface area contributed by atoms with E-state index < -0.39 is 5.91 Å². The molecule has 1 aliphatic rings. The van der Waals surface area contributed by atoms with E-state index in [-0.39, 0.29) is 23.9 Å². The van der Waals surface area contributed by atoms with Gasteiger partial charge in [0.15, 0.2) is 0 Å². The number of ether oxygens (including phenoxy) is 1. The van der Waals surface area contributed by atoms with Crippen LogP contribution in [0.5, 0.6) is 0 Å². The number of amides is 2. The Morgan fingerprint density at radius 1 is 1.33 bits per heavy atom. The second-order valence-corrected chi connectivity index (χ2v) is 6.53. The average molecular weight is 348 g/mol. The molecule has 3 N–H and O–H groups in total. The van der Waals surface area contributed by atoms with Gasteiger partial charge in [0, 0.05) is 12.0 Å². The van der Waals surface area contributed by atoms with Crippen molar-refractivity contribution in [3.8, 4) is 0 Å². The van der Waals surface area contributed by atoms with E-state index in [2.05, 4.69) is 5.32 Å². The zero-order valence-corrected chi connectivity index (χ0v) is 13.6. The van der Waals surface area contributed by atoms with Crippen molar-refractivity contribution in [1.29, 1.82) is 0 Å². The standard InChI is InChI=1S/C17H17FN2O3S/c18-12-5-3-10(4-6-12)15(13-2-1-7-23-13)20-17(22)14-8-11(9-24-14)16(19)21/h3-6,8-9,13,15H,1-2,7H2,(H2,19,21)(H,20,22). The number of primary amides is 1. The Morgan fingerprint density at radius 3 is 2.67 bits per heavy atom. The van der Waals surface area contributed by atoms with Gasteiger partial charge in [-0.25, -0.2) is 4.39 Å². The molecule has 1 saturated heterocycles. The third-order valence-corrected chi connectivity index (χ3v) is 4.89. The van der Waals surface area contributed by atoms with Crippen molar-refractivity contribution in [3.63, 3.8) is 0 Å². The van der Waals surface area contributed by atoms with Crippen LogP contribution in [-0.2, 0) is 4.74 Å². The van der Waals surface area contributed by atoms with Gasteiger partial charge in [0.2, 0.25) is 5.91 Å². The molecule has 24 heavy (non-hydrogen) atoms. The fourth-order valence-corrected chi connectivity index (χ4v) is 3.52. The lowest BCUT2D eigenvalue weighted by Gasteiger charge is -2.24. The lowest BCUT2D eigenvalue weighted by atomic mass is 9.99. The number of carbonyl (C=O) groups excluding carboxylic acids is 2. The predicted octanol–water partition coefficient (Wildman–Crippen LogP) is 2.64. The summed E-state index contributed by atoms with van der Waals surface area (Å²) in [5.41, 5.74) is 6.30. The molecule has 126 valence electrons. The lowest BCUT2D eigenvalue weighted by Crippen LogP contribution is -2.35. The van der Waals surface area contributed by atoms with Gasteiger partial charge in [-0.3, -0.25) is 9.59 Å². The summed E-state index contributed by atoms with van der Waals surface area (Å²) in [5.74, 6) is -1.21. The van der Waals surface area contributed by atoms with Gasteiger partial charge >= 0.3 is 0 Å². The quantitative estimate of drug-likeness (QED) is 0.871. The molecule has 5 nitrogen and oxygen atoms in total. The lowest BCUT2D eigenvalue weighted by molar-refractivity contribution is 0.0674. The number of nitrogens with one attached hydrogen (secondary N) is 1. The number of hydrogen-bond acceptors (Lipinski definition) is 4. The first-order valence-corrected chi connectivity index (χ1v) is 8.49. The molecule has 3 rings (SSSR count). The fourth-order valence-electron chi connectivity index (χ4n) is 2.72. The smallest absolute Gasteiger partial charge is 0.261 e. The van der Waals surface area contributed by atoms with E-state index in [4.69, 9.17) is 10.5 Å². The normalized spacial score (nSPS) is 18.3. The van der Waals surface area contributed by atoms with Crippen molar-refractivity contribution in [2.24, 2.45) is 5.73 Å². The van der Waals surface area contributed by atoms with E-state index in [0.717, 1.165) is 29.7 Å². The maximum atomic E-state index is 13.2. The summed E-state index contributed by atoms with van der Waals surface area (Å²) < 4.78 is 18.9. The third kappa shape index (κ3) is 3.63. The van der Waals surface area contributed by atoms with Crippen LogP contribution in [0.4, 0.5) is 4.39 Å². The van der Waals surface area contributed by atoms with E-state index in [1.54, 1.807) is 17.5 Å². The minimum Gasteiger partial charge on any atom is -0.376 e. The predicted molar refractivity (Wildman–Crippen MR) is 88.4 cm³/mol. The van der Waals surface area contributed by atoms with Crippen molar-refractivity contribution in [1.82, 2.24) is 5.32 Å². The van der Waals surface area contributed by atoms with Crippen LogP contribution in [0.25, 0.3) is 0 Å². The molecule has 2 heterocycles. The summed E-state index contributed by atoms with van der Waals surface area (Å²) in [5, 5.41) is 4.49. The Kier molecular flexibility index (Phi) is 4.92. The molecular weight excluding hydrogens is 331 g/mol. The molecule has 1 fully saturated rings. The van der Waals surface area contributed by atoms with Crippen LogP contribution in [0, 0.1) is 5.82 Å². The van der Waals surface area contributed by atoms with Gasteiger partial charge < -0.3 is 15.8 Å². The first kappa shape index (κ1) is 16.6. The summed E-state index contributed by atoms with van der Waals surface area (Å²) in [6, 6.07) is 7.11. The van der Waals surface area contributed by atoms with Gasteiger partial charge in [-0.15, -0.1) is 11.3 Å². The number of benzene rings is 1. The van der Waals surface area contributed by atoms with Crippen molar-refractivity contribution in [3.05, 3.63) is 57.5 Å². The van der Waals surface area contributed by atoms with Crippen LogP contribution in [0.15, 0.2) is 35.7 Å². The molecular formula is C17H17FN2O3S. The zero-order valence-electron chi connectivity index (χ0n) is 12.8. The maximum Gasteiger partial charge on any atom is 0.261 e. The van der Waals surface area contributed by atoms with Gasteiger partial charge in [-0.05, 0) is 36.6 Å². The van der Waals surface area contributed by atoms with Gasteiger partial charge in [0.05, 0.1) is 22.6 Å². The van der Waals surface area contributed by atoms with Crippen LogP contribution in [-0.4, -0.2) is 24.5 Å². The number of halogens is 1. The minimum absolute atomic E-state index is 0.157. The van der Waals surface area contributed by atoms with Gasteiger partial charge in [0.25, 0.3) is 5.91 Å². The summed E-state index contributed by atoms with van der Waals surface area (Å²) in [7, 11) is 0. The maximum absolute atomic E-state index is 13.2. The molecule has 2 amide bonds. The number of carbonyl (C=O) groups is 2. The van der Waals surface area contributed by atoms with Crippen LogP contribution in [0.1, 0.15) is 44.5 Å². The molecule has 7 heteroatoms. The number of rotatable bonds is 5. The zero-order chi connectivity index (χ0) is 17.1. The first-order valence-electron chi connectivity index (χ1n) is 7.61. The monoisotopic (exact) mass is 348 g/mol. The van der Waals surface area contributed by atoms with Gasteiger partial charge in [0.1, 0.15) is 5.82 Å². The highest BCUT2D eigenvalue weighted by atomic mass is 32.1. The Labute approximate surface area is 142 Å². The molecule has 2 aromatic rings. The first-order chi connectivity index (χ1) is 11.5. The molecule has 2 atom stereocenters. The van der Waals surface area contributed by atoms with Crippen molar-refractivity contribution in [2.75, 3.05) is 6.61 Å². The van der Waals surface area contributed by atoms with Crippen molar-refractivity contribution >= 4 is 23.2 Å². The summed E-state index contributed by atoms with van der Waals surface area (Å²) in [6.45, 7) is 0.642. The summed E-state index contributed by atoms with van der Waals surface area (Å²) >= 11 is 1.15. The summed E-state index contributed by atoms with van der Waals surface area (Å²) in [6.07, 6.45) is 1.58. The highest BCUT2D eigenvalue weighted by molar-refractivity contribution is 7.12. The SMILES string of the molecule is NC(=O)c1csc(C(=O)NC(c2ccc(F)cc2)C2CCCO2)c1. The highest BCUT2D eigenvalue weighted by Gasteiger charge is 2.29. The number of nitrogens with two attached hydrogens (primary N) is 1. The minimum atomic E-state index is -0.570. The molecule has 0 bridgehead atoms. The fraction of sp³-hybridized carbons (Fsp3) is 0.294. The topological polar surface area (TPSA) is 81.4 Å². The van der Waals surface area contributed by atoms with E-state index in [1.165, 1.54) is 18.2 Å². The van der Waals surface area contributed by atoms with E-state index in [0.29, 0.717) is 17.0 Å². The highest BCUT2D eigenvalue weighted by Crippen LogP contribution is 2.28. The Hall–Kier alpha value is -2.25. The van der Waals surface area contributed by atoms with Crippen LogP contribution in [0.3, 0.4) is 0 Å². The second kappa shape index (κ2) is 7.11. The Bertz CT molecular complexity index is 739. The van der Waals surface area contributed by atoms with Gasteiger partial charge in [-0.2, -0.15) is 0 Å². The van der Waals surface area contributed by atoms with E-state index >= 15 is 0 Å². The second-order valence-electron chi connectivity index (χ2n) is 5.62. The Morgan fingerprint density at radius 2 is 2.08 bits per heavy atom. The molecule has 1 aromatic carbocycles. The van der Waals surface area contributed by atoms with Crippen LogP contribution < -0.4 is 11.1 Å². The van der Waals surface area contributed by atoms with Crippen LogP contribution >= 0.6 is 11.3 Å². The average Bonchev–Trinajstić information content (AvgIpc) is 3.25.